The van der Waals surface area contributed by atoms with Crippen LogP contribution in [0.4, 0.5) is 0 Å². The van der Waals surface area contributed by atoms with Gasteiger partial charge < -0.3 is 14.5 Å². The van der Waals surface area contributed by atoms with Gasteiger partial charge in [-0.15, -0.1) is 0 Å². The molecule has 90 valence electrons. The van der Waals surface area contributed by atoms with Crippen LogP contribution in [0.1, 0.15) is 17.4 Å². The molecule has 0 aliphatic carbocycles. The van der Waals surface area contributed by atoms with Gasteiger partial charge in [0.15, 0.2) is 0 Å². The zero-order valence-corrected chi connectivity index (χ0v) is 10.0. The number of nitrogens with zero attached hydrogens (tertiary/aromatic N) is 1. The summed E-state index contributed by atoms with van der Waals surface area (Å²) in [6.45, 7) is 0.751. The molecule has 0 bridgehead atoms. The van der Waals surface area contributed by atoms with Crippen LogP contribution >= 0.6 is 0 Å². The summed E-state index contributed by atoms with van der Waals surface area (Å²) < 4.78 is 10.8. The van der Waals surface area contributed by atoms with E-state index in [1.807, 2.05) is 31.3 Å². The van der Waals surface area contributed by atoms with E-state index in [2.05, 4.69) is 10.3 Å². The average molecular weight is 232 g/mol. The van der Waals surface area contributed by atoms with Gasteiger partial charge >= 0.3 is 0 Å². The topological polar surface area (TPSA) is 47.3 Å². The summed E-state index contributed by atoms with van der Waals surface area (Å²) in [4.78, 5) is 4.22. The van der Waals surface area contributed by atoms with Crippen molar-refractivity contribution >= 4 is 0 Å². The summed E-state index contributed by atoms with van der Waals surface area (Å²) in [5.74, 6) is 1.61. The molecule has 1 unspecified atom stereocenters. The van der Waals surface area contributed by atoms with Crippen LogP contribution in [0.5, 0.6) is 5.75 Å². The van der Waals surface area contributed by atoms with Crippen molar-refractivity contribution in [1.29, 1.82) is 0 Å². The Morgan fingerprint density at radius 1 is 1.41 bits per heavy atom. The molecule has 1 atom stereocenters. The second kappa shape index (κ2) is 5.50. The van der Waals surface area contributed by atoms with Crippen molar-refractivity contribution in [2.24, 2.45) is 0 Å². The molecule has 1 aromatic heterocycles. The van der Waals surface area contributed by atoms with Gasteiger partial charge in [-0.1, -0.05) is 18.2 Å². The minimum Gasteiger partial charge on any atom is -0.496 e. The molecule has 0 radical (unpaired) electrons. The molecule has 0 fully saturated rings. The van der Waals surface area contributed by atoms with Gasteiger partial charge in [-0.3, -0.25) is 0 Å². The smallest absolute Gasteiger partial charge is 0.202 e. The van der Waals surface area contributed by atoms with Crippen molar-refractivity contribution in [3.05, 3.63) is 48.2 Å². The number of ether oxygens (including phenoxy) is 1. The Bertz CT molecular complexity index is 454. The van der Waals surface area contributed by atoms with E-state index in [-0.39, 0.29) is 5.92 Å². The van der Waals surface area contributed by atoms with Crippen LogP contribution in [0.15, 0.2) is 41.1 Å². The van der Waals surface area contributed by atoms with Gasteiger partial charge in [0.05, 0.1) is 19.2 Å². The first-order chi connectivity index (χ1) is 8.36. The number of hydrogen-bond acceptors (Lipinski definition) is 4. The molecule has 0 saturated heterocycles. The van der Waals surface area contributed by atoms with Gasteiger partial charge in [-0.2, -0.15) is 0 Å². The second-order valence-electron chi connectivity index (χ2n) is 3.72. The molecule has 2 rings (SSSR count). The van der Waals surface area contributed by atoms with Crippen molar-refractivity contribution in [3.63, 3.8) is 0 Å². The van der Waals surface area contributed by atoms with Crippen LogP contribution < -0.4 is 10.1 Å². The van der Waals surface area contributed by atoms with Crippen molar-refractivity contribution in [2.75, 3.05) is 20.7 Å². The number of aromatic nitrogens is 1. The van der Waals surface area contributed by atoms with Crippen molar-refractivity contribution in [1.82, 2.24) is 10.3 Å². The highest BCUT2D eigenvalue weighted by Gasteiger charge is 2.20. The molecular formula is C13H16N2O2. The molecule has 0 aliphatic rings. The summed E-state index contributed by atoms with van der Waals surface area (Å²) in [7, 11) is 3.58. The lowest BCUT2D eigenvalue weighted by Gasteiger charge is -2.16. The quantitative estimate of drug-likeness (QED) is 0.857. The molecule has 0 amide bonds. The molecule has 1 N–H and O–H groups in total. The lowest BCUT2D eigenvalue weighted by atomic mass is 9.98. The first kappa shape index (κ1) is 11.7. The largest absolute Gasteiger partial charge is 0.496 e. The molecule has 4 heteroatoms. The van der Waals surface area contributed by atoms with E-state index >= 15 is 0 Å². The summed E-state index contributed by atoms with van der Waals surface area (Å²) in [5.41, 5.74) is 1.08. The molecule has 17 heavy (non-hydrogen) atoms. The number of oxazole rings is 1. The summed E-state index contributed by atoms with van der Waals surface area (Å²) in [5, 5.41) is 3.15. The normalized spacial score (nSPS) is 12.4. The Balaban J connectivity index is 2.39. The molecule has 0 aliphatic heterocycles. The maximum absolute atomic E-state index is 5.40. The third-order valence-electron chi connectivity index (χ3n) is 2.67. The van der Waals surface area contributed by atoms with Gasteiger partial charge in [-0.25, -0.2) is 4.98 Å². The van der Waals surface area contributed by atoms with Crippen LogP contribution in [-0.2, 0) is 0 Å². The number of para-hydroxylation sites is 1. The third kappa shape index (κ3) is 2.47. The maximum Gasteiger partial charge on any atom is 0.202 e. The molecular weight excluding hydrogens is 216 g/mol. The molecule has 4 nitrogen and oxygen atoms in total. The first-order valence-corrected chi connectivity index (χ1v) is 5.53. The van der Waals surface area contributed by atoms with Gasteiger partial charge in [0.25, 0.3) is 0 Å². The molecule has 0 spiro atoms. The highest BCUT2D eigenvalue weighted by Crippen LogP contribution is 2.30. The number of rotatable bonds is 5. The maximum atomic E-state index is 5.40. The van der Waals surface area contributed by atoms with E-state index in [4.69, 9.17) is 9.15 Å². The average Bonchev–Trinajstić information content (AvgIpc) is 2.89. The number of nitrogens with one attached hydrogen (secondary N) is 1. The van der Waals surface area contributed by atoms with Crippen molar-refractivity contribution < 1.29 is 9.15 Å². The SMILES string of the molecule is CNCC(c1ncco1)c1ccccc1OC. The van der Waals surface area contributed by atoms with E-state index in [9.17, 15) is 0 Å². The summed E-state index contributed by atoms with van der Waals surface area (Å²) >= 11 is 0. The highest BCUT2D eigenvalue weighted by molar-refractivity contribution is 5.39. The Hall–Kier alpha value is -1.81. The van der Waals surface area contributed by atoms with E-state index in [0.29, 0.717) is 5.89 Å². The Kier molecular flexibility index (Phi) is 3.77. The highest BCUT2D eigenvalue weighted by atomic mass is 16.5. The van der Waals surface area contributed by atoms with Crippen LogP contribution in [-0.4, -0.2) is 25.7 Å². The minimum absolute atomic E-state index is 0.0612. The van der Waals surface area contributed by atoms with Gasteiger partial charge in [0, 0.05) is 12.1 Å². The van der Waals surface area contributed by atoms with E-state index in [1.165, 1.54) is 0 Å². The lowest BCUT2D eigenvalue weighted by molar-refractivity contribution is 0.398. The molecule has 2 aromatic rings. The molecule has 1 heterocycles. The summed E-state index contributed by atoms with van der Waals surface area (Å²) in [6.07, 6.45) is 3.25. The van der Waals surface area contributed by atoms with Gasteiger partial charge in [-0.05, 0) is 13.1 Å². The van der Waals surface area contributed by atoms with Crippen molar-refractivity contribution in [2.45, 2.75) is 5.92 Å². The number of methoxy groups -OCH3 is 1. The first-order valence-electron chi connectivity index (χ1n) is 5.53. The Labute approximate surface area is 101 Å². The predicted octanol–water partition coefficient (Wildman–Crippen LogP) is 2.03. The van der Waals surface area contributed by atoms with Crippen LogP contribution in [0, 0.1) is 0 Å². The molecule has 1 aromatic carbocycles. The Morgan fingerprint density at radius 2 is 2.24 bits per heavy atom. The number of benzene rings is 1. The standard InChI is InChI=1S/C13H16N2O2/c1-14-9-11(13-15-7-8-17-13)10-5-3-4-6-12(10)16-2/h3-8,11,14H,9H2,1-2H3. The van der Waals surface area contributed by atoms with E-state index in [0.717, 1.165) is 17.9 Å². The number of hydrogen-bond donors (Lipinski definition) is 1. The Morgan fingerprint density at radius 3 is 2.88 bits per heavy atom. The van der Waals surface area contributed by atoms with Gasteiger partial charge in [0.1, 0.15) is 12.0 Å². The lowest BCUT2D eigenvalue weighted by Crippen LogP contribution is -2.19. The van der Waals surface area contributed by atoms with Gasteiger partial charge in [0.2, 0.25) is 5.89 Å². The summed E-state index contributed by atoms with van der Waals surface area (Å²) in [6, 6.07) is 7.92. The fourth-order valence-corrected chi connectivity index (χ4v) is 1.90. The van der Waals surface area contributed by atoms with E-state index < -0.39 is 0 Å². The third-order valence-corrected chi connectivity index (χ3v) is 2.67. The predicted molar refractivity (Wildman–Crippen MR) is 65.3 cm³/mol. The zero-order chi connectivity index (χ0) is 12.1. The van der Waals surface area contributed by atoms with Crippen LogP contribution in [0.2, 0.25) is 0 Å². The zero-order valence-electron chi connectivity index (χ0n) is 10.0. The monoisotopic (exact) mass is 232 g/mol. The number of likely N-dealkylation sites (N-methyl/N-ethyl adjacent to an activating group) is 1. The second-order valence-corrected chi connectivity index (χ2v) is 3.72. The van der Waals surface area contributed by atoms with Crippen LogP contribution in [0.3, 0.4) is 0 Å². The minimum atomic E-state index is 0.0612. The van der Waals surface area contributed by atoms with E-state index in [1.54, 1.807) is 19.6 Å². The molecule has 0 saturated carbocycles. The fraction of sp³-hybridized carbons (Fsp3) is 0.308. The fourth-order valence-electron chi connectivity index (χ4n) is 1.90. The van der Waals surface area contributed by atoms with Crippen LogP contribution in [0.25, 0.3) is 0 Å². The van der Waals surface area contributed by atoms with Crippen molar-refractivity contribution in [3.8, 4) is 5.75 Å².